The molecule has 0 fully saturated rings. The van der Waals surface area contributed by atoms with Crippen LogP contribution in [-0.2, 0) is 11.2 Å². The number of aryl methyl sites for hydroxylation is 1. The largest absolute Gasteiger partial charge is 0.508 e. The average Bonchev–Trinajstić information content (AvgIpc) is 2.42. The van der Waals surface area contributed by atoms with E-state index >= 15 is 0 Å². The molecule has 2 rings (SSSR count). The van der Waals surface area contributed by atoms with Gasteiger partial charge < -0.3 is 21.9 Å². The first-order chi connectivity index (χ1) is 9.54. The van der Waals surface area contributed by atoms with Gasteiger partial charge in [-0.05, 0) is 42.3 Å². The van der Waals surface area contributed by atoms with Crippen LogP contribution in [0.15, 0.2) is 42.5 Å². The number of benzene rings is 2. The van der Waals surface area contributed by atoms with E-state index in [1.54, 1.807) is 42.5 Å². The molecule has 0 aromatic heterocycles. The molecule has 0 saturated carbocycles. The van der Waals surface area contributed by atoms with Crippen molar-refractivity contribution in [1.29, 1.82) is 0 Å². The van der Waals surface area contributed by atoms with E-state index in [-0.39, 0.29) is 11.7 Å². The van der Waals surface area contributed by atoms with Crippen molar-refractivity contribution >= 4 is 23.0 Å². The number of hydrogen-bond acceptors (Lipinski definition) is 4. The lowest BCUT2D eigenvalue weighted by molar-refractivity contribution is -0.116. The molecule has 5 nitrogen and oxygen atoms in total. The average molecular weight is 271 g/mol. The van der Waals surface area contributed by atoms with Gasteiger partial charge >= 0.3 is 0 Å². The molecule has 104 valence electrons. The Morgan fingerprint density at radius 3 is 2.40 bits per heavy atom. The van der Waals surface area contributed by atoms with Crippen LogP contribution >= 0.6 is 0 Å². The van der Waals surface area contributed by atoms with Crippen LogP contribution in [-0.4, -0.2) is 11.0 Å². The van der Waals surface area contributed by atoms with Crippen LogP contribution in [0.25, 0.3) is 0 Å². The summed E-state index contributed by atoms with van der Waals surface area (Å²) in [6.07, 6.45) is 0.964. The molecule has 0 unspecified atom stereocenters. The highest BCUT2D eigenvalue weighted by Gasteiger charge is 2.04. The standard InChI is InChI=1S/C15H17N3O2/c16-13-7-4-11(9-14(13)17)18-15(20)8-3-10-1-5-12(19)6-2-10/h1-2,4-7,9,19H,3,8,16-17H2,(H,18,20). The minimum Gasteiger partial charge on any atom is -0.508 e. The van der Waals surface area contributed by atoms with E-state index in [0.29, 0.717) is 29.9 Å². The number of nitrogens with one attached hydrogen (secondary N) is 1. The van der Waals surface area contributed by atoms with Crippen LogP contribution in [0.2, 0.25) is 0 Å². The molecule has 5 heteroatoms. The fraction of sp³-hybridized carbons (Fsp3) is 0.133. The summed E-state index contributed by atoms with van der Waals surface area (Å²) >= 11 is 0. The lowest BCUT2D eigenvalue weighted by Gasteiger charge is -2.07. The molecule has 0 atom stereocenters. The van der Waals surface area contributed by atoms with Crippen LogP contribution in [0.5, 0.6) is 5.75 Å². The monoisotopic (exact) mass is 271 g/mol. The molecule has 0 aliphatic rings. The smallest absolute Gasteiger partial charge is 0.224 e. The first-order valence-corrected chi connectivity index (χ1v) is 6.27. The van der Waals surface area contributed by atoms with E-state index in [1.165, 1.54) is 0 Å². The molecule has 20 heavy (non-hydrogen) atoms. The Kier molecular flexibility index (Phi) is 4.10. The Hall–Kier alpha value is -2.69. The van der Waals surface area contributed by atoms with Gasteiger partial charge in [-0.1, -0.05) is 12.1 Å². The maximum Gasteiger partial charge on any atom is 0.224 e. The van der Waals surface area contributed by atoms with Gasteiger partial charge in [-0.3, -0.25) is 4.79 Å². The van der Waals surface area contributed by atoms with Gasteiger partial charge in [-0.25, -0.2) is 0 Å². The Morgan fingerprint density at radius 1 is 1.05 bits per heavy atom. The number of hydrogen-bond donors (Lipinski definition) is 4. The van der Waals surface area contributed by atoms with Crippen LogP contribution in [0.3, 0.4) is 0 Å². The topological polar surface area (TPSA) is 101 Å². The molecule has 0 radical (unpaired) electrons. The second kappa shape index (κ2) is 5.97. The number of nitrogens with two attached hydrogens (primary N) is 2. The Balaban J connectivity index is 1.89. The van der Waals surface area contributed by atoms with E-state index in [2.05, 4.69) is 5.32 Å². The number of anilines is 3. The van der Waals surface area contributed by atoms with E-state index in [0.717, 1.165) is 5.56 Å². The van der Waals surface area contributed by atoms with E-state index < -0.39 is 0 Å². The van der Waals surface area contributed by atoms with Crippen molar-refractivity contribution in [3.63, 3.8) is 0 Å². The molecule has 1 amide bonds. The van der Waals surface area contributed by atoms with Crippen molar-refractivity contribution in [3.05, 3.63) is 48.0 Å². The highest BCUT2D eigenvalue weighted by Crippen LogP contribution is 2.20. The van der Waals surface area contributed by atoms with E-state index in [1.807, 2.05) is 0 Å². The predicted octanol–water partition coefficient (Wildman–Crippen LogP) is 2.13. The zero-order valence-electron chi connectivity index (χ0n) is 11.0. The minimum absolute atomic E-state index is 0.0951. The van der Waals surface area contributed by atoms with E-state index in [9.17, 15) is 9.90 Å². The van der Waals surface area contributed by atoms with Gasteiger partial charge in [0.05, 0.1) is 11.4 Å². The number of amides is 1. The fourth-order valence-corrected chi connectivity index (χ4v) is 1.80. The van der Waals surface area contributed by atoms with Gasteiger partial charge in [0.2, 0.25) is 5.91 Å². The molecule has 0 saturated heterocycles. The SMILES string of the molecule is Nc1ccc(NC(=O)CCc2ccc(O)cc2)cc1N. The van der Waals surface area contributed by atoms with Crippen LogP contribution in [0.4, 0.5) is 17.1 Å². The van der Waals surface area contributed by atoms with Gasteiger partial charge in [0.1, 0.15) is 5.75 Å². The third-order valence-corrected chi connectivity index (χ3v) is 2.95. The second-order valence-electron chi connectivity index (χ2n) is 4.56. The Morgan fingerprint density at radius 2 is 1.75 bits per heavy atom. The van der Waals surface area contributed by atoms with Gasteiger partial charge in [0, 0.05) is 12.1 Å². The third kappa shape index (κ3) is 3.65. The summed E-state index contributed by atoms with van der Waals surface area (Å²) in [5.74, 6) is 0.123. The molecule has 0 aliphatic carbocycles. The summed E-state index contributed by atoms with van der Waals surface area (Å²) in [4.78, 5) is 11.8. The molecule has 0 aliphatic heterocycles. The molecule has 0 spiro atoms. The first kappa shape index (κ1) is 13.7. The van der Waals surface area contributed by atoms with Crippen LogP contribution in [0, 0.1) is 0 Å². The van der Waals surface area contributed by atoms with Crippen LogP contribution in [0.1, 0.15) is 12.0 Å². The molecular formula is C15H17N3O2. The number of rotatable bonds is 4. The van der Waals surface area contributed by atoms with Gasteiger partial charge in [0.15, 0.2) is 0 Å². The number of carbonyl (C=O) groups is 1. The summed E-state index contributed by atoms with van der Waals surface area (Å²) in [5.41, 5.74) is 13.8. The maximum absolute atomic E-state index is 11.8. The molecule has 0 heterocycles. The first-order valence-electron chi connectivity index (χ1n) is 6.27. The second-order valence-corrected chi connectivity index (χ2v) is 4.56. The van der Waals surface area contributed by atoms with Crippen molar-refractivity contribution in [2.45, 2.75) is 12.8 Å². The number of phenols is 1. The number of aromatic hydroxyl groups is 1. The Labute approximate surface area is 117 Å². The zero-order chi connectivity index (χ0) is 14.5. The molecule has 6 N–H and O–H groups in total. The maximum atomic E-state index is 11.8. The van der Waals surface area contributed by atoms with Gasteiger partial charge in [-0.15, -0.1) is 0 Å². The van der Waals surface area contributed by atoms with Gasteiger partial charge in [-0.2, -0.15) is 0 Å². The minimum atomic E-state index is -0.0951. The van der Waals surface area contributed by atoms with Crippen molar-refractivity contribution < 1.29 is 9.90 Å². The lowest BCUT2D eigenvalue weighted by Crippen LogP contribution is -2.12. The number of nitrogen functional groups attached to an aromatic ring is 2. The highest BCUT2D eigenvalue weighted by molar-refractivity contribution is 5.92. The number of phenolic OH excluding ortho intramolecular Hbond substituents is 1. The summed E-state index contributed by atoms with van der Waals surface area (Å²) in [6.45, 7) is 0. The lowest BCUT2D eigenvalue weighted by atomic mass is 10.1. The molecule has 2 aromatic carbocycles. The number of carbonyl (C=O) groups excluding carboxylic acids is 1. The molecular weight excluding hydrogens is 254 g/mol. The Bertz CT molecular complexity index is 609. The van der Waals surface area contributed by atoms with E-state index in [4.69, 9.17) is 11.5 Å². The predicted molar refractivity (Wildman–Crippen MR) is 80.3 cm³/mol. The van der Waals surface area contributed by atoms with Crippen molar-refractivity contribution in [3.8, 4) is 5.75 Å². The summed E-state index contributed by atoms with van der Waals surface area (Å²) in [6, 6.07) is 11.8. The third-order valence-electron chi connectivity index (χ3n) is 2.95. The fourth-order valence-electron chi connectivity index (χ4n) is 1.80. The molecule has 2 aromatic rings. The summed E-state index contributed by atoms with van der Waals surface area (Å²) < 4.78 is 0. The van der Waals surface area contributed by atoms with Crippen molar-refractivity contribution in [2.24, 2.45) is 0 Å². The van der Waals surface area contributed by atoms with Gasteiger partial charge in [0.25, 0.3) is 0 Å². The normalized spacial score (nSPS) is 10.2. The quantitative estimate of drug-likeness (QED) is 0.640. The zero-order valence-corrected chi connectivity index (χ0v) is 11.0. The van der Waals surface area contributed by atoms with Crippen LogP contribution < -0.4 is 16.8 Å². The molecule has 0 bridgehead atoms. The van der Waals surface area contributed by atoms with Crippen molar-refractivity contribution in [2.75, 3.05) is 16.8 Å². The van der Waals surface area contributed by atoms with Crippen molar-refractivity contribution in [1.82, 2.24) is 0 Å². The highest BCUT2D eigenvalue weighted by atomic mass is 16.3. The summed E-state index contributed by atoms with van der Waals surface area (Å²) in [7, 11) is 0. The summed E-state index contributed by atoms with van der Waals surface area (Å²) in [5, 5.41) is 11.9.